The first-order chi connectivity index (χ1) is 48.3. The largest absolute Gasteiger partial charge is 2.00 e. The molecule has 10 aliphatic carbocycles. The van der Waals surface area contributed by atoms with Crippen LogP contribution >= 0.6 is 0 Å². The van der Waals surface area contributed by atoms with E-state index in [1.807, 2.05) is 0 Å². The summed E-state index contributed by atoms with van der Waals surface area (Å²) in [5.74, 6) is 1.96. The molecular weight excluding hydrogens is 1850 g/mol. The van der Waals surface area contributed by atoms with Crippen LogP contribution < -0.4 is 0 Å². The molecule has 8 aromatic rings. The fourth-order valence-electron chi connectivity index (χ4n) is 7.91. The van der Waals surface area contributed by atoms with E-state index in [1.54, 1.807) is 0 Å². The van der Waals surface area contributed by atoms with Gasteiger partial charge in [0.2, 0.25) is 0 Å². The van der Waals surface area contributed by atoms with Crippen LogP contribution in [0.25, 0.3) is 0 Å². The van der Waals surface area contributed by atoms with Crippen molar-refractivity contribution >= 4 is 55.0 Å². The van der Waals surface area contributed by atoms with Crippen molar-refractivity contribution in [2.75, 3.05) is 0 Å². The van der Waals surface area contributed by atoms with Crippen LogP contribution in [0, 0.1) is 20.8 Å². The summed E-state index contributed by atoms with van der Waals surface area (Å²) in [6, 6.07) is 71.8. The van der Waals surface area contributed by atoms with E-state index in [9.17, 15) is 87.2 Å². The van der Waals surface area contributed by atoms with E-state index in [1.165, 1.54) is 89.0 Å². The fourth-order valence-corrected chi connectivity index (χ4v) is 7.91. The third kappa shape index (κ3) is 51.6. The minimum Gasteiger partial charge on any atom is -0.741 e. The molecule has 41 heteroatoms. The van der Waals surface area contributed by atoms with Crippen LogP contribution in [0.4, 0.5) is 87.2 Å². The molecule has 0 amide bonds. The van der Waals surface area contributed by atoms with E-state index in [2.05, 4.69) is 256 Å². The zero-order valence-corrected chi connectivity index (χ0v) is 67.5. The molecule has 8 aromatic carbocycles. The van der Waals surface area contributed by atoms with Crippen molar-refractivity contribution < 1.29 is 198 Å². The summed E-state index contributed by atoms with van der Waals surface area (Å²) in [7, 11) is -36.4. The summed E-state index contributed by atoms with van der Waals surface area (Å²) >= 11 is 0. The van der Waals surface area contributed by atoms with Crippen molar-refractivity contribution in [3.05, 3.63) is 283 Å². The minimum absolute atomic E-state index is 0. The number of benzene rings is 8. The second-order valence-corrected chi connectivity index (χ2v) is 29.2. The second kappa shape index (κ2) is 48.9. The van der Waals surface area contributed by atoms with Crippen molar-refractivity contribution in [3.8, 4) is 0 Å². The predicted octanol–water partition coefficient (Wildman–Crippen LogP) is 20.1. The Bertz CT molecular complexity index is 3700. The van der Waals surface area contributed by atoms with E-state index in [4.69, 9.17) is 51.9 Å². The van der Waals surface area contributed by atoms with Gasteiger partial charge in [0.1, 0.15) is 0 Å². The monoisotopic (exact) mass is 1930 g/mol. The number of aryl methyl sites for hydroxylation is 3. The molecule has 0 fully saturated rings. The van der Waals surface area contributed by atoms with Gasteiger partial charge in [0, 0.05) is 0 Å². The first-order valence-corrected chi connectivity index (χ1v) is 36.4. The van der Waals surface area contributed by atoms with Gasteiger partial charge < -0.3 is 52.7 Å². The average molecular weight is 1930 g/mol. The number of rotatable bonds is 3. The molecule has 0 saturated carbocycles. The van der Waals surface area contributed by atoms with Crippen LogP contribution in [-0.4, -0.2) is 88.4 Å². The summed E-state index contributed by atoms with van der Waals surface area (Å²) in [4.78, 5) is 0. The van der Waals surface area contributed by atoms with E-state index >= 15 is 0 Å². The Morgan fingerprint density at radius 1 is 0.245 bits per heavy atom. The number of alkyl halides is 12. The van der Waals surface area contributed by atoms with Crippen LogP contribution in [-0.2, 0) is 131 Å². The van der Waals surface area contributed by atoms with Crippen LogP contribution in [0.3, 0.4) is 0 Å². The quantitative estimate of drug-likeness (QED) is 0.0696. The third-order valence-electron chi connectivity index (χ3n) is 13.5. The predicted molar refractivity (Wildman–Crippen MR) is 365 cm³/mol. The molecule has 0 aliphatic heterocycles. The molecule has 0 atom stereocenters. The molecule has 614 valence electrons. The van der Waals surface area contributed by atoms with Crippen LogP contribution in [0.15, 0.2) is 194 Å². The maximum atomic E-state index is 10.7. The molecule has 0 spiro atoms. The summed E-state index contributed by atoms with van der Waals surface area (Å²) in [5, 5.41) is 0. The second-order valence-electron chi connectivity index (χ2n) is 23.8. The van der Waals surface area contributed by atoms with Gasteiger partial charge in [0.15, 0.2) is 40.5 Å². The van der Waals surface area contributed by atoms with Crippen molar-refractivity contribution in [2.24, 2.45) is 0 Å². The van der Waals surface area contributed by atoms with E-state index in [-0.39, 0.29) is 58.4 Å². The van der Waals surface area contributed by atoms with Gasteiger partial charge >= 0.3 is 95.0 Å². The zero-order chi connectivity index (χ0) is 83.1. The Hall–Kier alpha value is -6.00. The fraction of sp³-hybridized carbons (Fsp3) is 0.304. The molecule has 110 heavy (non-hydrogen) atoms. The Labute approximate surface area is 665 Å². The van der Waals surface area contributed by atoms with E-state index in [0.29, 0.717) is 17.8 Å². The molecule has 0 heterocycles. The standard InChI is InChI=1S/C35H30.3C10H14.4CHF3O3S.2BF4.3Ru/c1-2-27-4-3-26(1)21-28-5-7-30(8-6-28)23-32-13-15-34(16-14-32)25-35-19-17-33(18-20-35)24-31-11-9-29(22-27)10-12-31;3*1-8(2)10-6-4-9(3)5-7-10;4*2-1(3,4)8(5,6)7;2*2-1(3,4)5;;;/h1-20H,21-25H2;3*4-8H,1-3H3;4*(H,5,6,7);;;;;/q;;;;;;;;2*-1;3*+2/p-4. The maximum Gasteiger partial charge on any atom is 2.00 e. The molecule has 0 saturated heterocycles. The van der Waals surface area contributed by atoms with Gasteiger partial charge in [0.25, 0.3) is 0 Å². The molecule has 0 radical (unpaired) electrons. The van der Waals surface area contributed by atoms with Crippen LogP contribution in [0.1, 0.15) is 148 Å². The van der Waals surface area contributed by atoms with Crippen LogP contribution in [0.2, 0.25) is 0 Å². The van der Waals surface area contributed by atoms with Gasteiger partial charge in [-0.25, -0.2) is 33.7 Å². The number of halogens is 20. The van der Waals surface area contributed by atoms with Crippen molar-refractivity contribution in [1.82, 2.24) is 0 Å². The van der Waals surface area contributed by atoms with Crippen molar-refractivity contribution in [2.45, 2.75) is 134 Å². The Morgan fingerprint density at radius 3 is 0.391 bits per heavy atom. The first kappa shape index (κ1) is 110. The molecule has 12 nitrogen and oxygen atoms in total. The minimum atomic E-state index is -6.09. The van der Waals surface area contributed by atoms with Gasteiger partial charge in [0.05, 0.1) is 0 Å². The van der Waals surface area contributed by atoms with Gasteiger partial charge in [-0.2, -0.15) is 52.7 Å². The van der Waals surface area contributed by atoms with Gasteiger partial charge in [-0.1, -0.05) is 252 Å². The average Bonchev–Trinajstić information content (AvgIpc) is 1.15. The molecule has 10 aliphatic rings. The Balaban J connectivity index is -0.000000628. The number of hydrogen-bond donors (Lipinski definition) is 0. The molecule has 10 bridgehead atoms. The smallest absolute Gasteiger partial charge is 0.741 e. The first-order valence-electron chi connectivity index (χ1n) is 30.8. The molecule has 0 unspecified atom stereocenters. The third-order valence-corrected chi connectivity index (χ3v) is 15.8. The molecule has 0 N–H and O–H groups in total. The zero-order valence-electron chi connectivity index (χ0n) is 59.0. The molecule has 18 rings (SSSR count). The van der Waals surface area contributed by atoms with Crippen LogP contribution in [0.5, 0.6) is 0 Å². The van der Waals surface area contributed by atoms with E-state index in [0.717, 1.165) is 32.1 Å². The Kier molecular flexibility index (Phi) is 49.1. The van der Waals surface area contributed by atoms with Crippen molar-refractivity contribution in [3.63, 3.8) is 0 Å². The maximum absolute atomic E-state index is 10.7. The normalized spacial score (nSPS) is 12.2. The topological polar surface area (TPSA) is 229 Å². The molecule has 0 aromatic heterocycles. The summed E-state index contributed by atoms with van der Waals surface area (Å²) < 4.78 is 314. The SMILES string of the molecule is Cc1ccc(C(C)C)cc1.Cc1ccc(C(C)C)cc1.Cc1ccc(C(C)C)cc1.F[B-](F)(F)F.F[B-](F)(F)F.O=S(=O)([O-])C(F)(F)F.O=S(=O)([O-])C(F)(F)F.O=S(=O)([O-])C(F)(F)F.O=S(=O)([O-])C(F)(F)F.[Ru+2].[Ru+2].[Ru+2].c1cc2ccc1Cc1ccc(cc1)Cc1ccc(cc1)Cc1ccc(cc1)Cc1ccc(cc1)C2. The Morgan fingerprint density at radius 2 is 0.327 bits per heavy atom. The van der Waals surface area contributed by atoms with Gasteiger partial charge in [-0.15, -0.1) is 0 Å². The van der Waals surface area contributed by atoms with E-state index < -0.39 is 77.0 Å². The number of hydrogen-bond acceptors (Lipinski definition) is 12. The van der Waals surface area contributed by atoms with Gasteiger partial charge in [-0.3, -0.25) is 0 Å². The van der Waals surface area contributed by atoms with Crippen molar-refractivity contribution in [1.29, 1.82) is 0 Å². The summed E-state index contributed by atoms with van der Waals surface area (Å²) in [6.45, 7) is 19.6. The molecular formula is C69H72B2F20O12Ru3S4. The van der Waals surface area contributed by atoms with Gasteiger partial charge in [-0.05, 0) is 143 Å². The summed E-state index contributed by atoms with van der Waals surface area (Å²) in [6.07, 6.45) is 4.88. The summed E-state index contributed by atoms with van der Waals surface area (Å²) in [5.41, 5.74) is -0.659.